The summed E-state index contributed by atoms with van der Waals surface area (Å²) in [5, 5.41) is 24.6. The van der Waals surface area contributed by atoms with Crippen LogP contribution < -0.4 is 0 Å². The zero-order chi connectivity index (χ0) is 8.04. The number of ether oxygens (including phenoxy) is 1. The molecule has 0 fully saturated rings. The summed E-state index contributed by atoms with van der Waals surface area (Å²) in [7, 11) is 0. The molecule has 0 aliphatic heterocycles. The topological polar surface area (TPSA) is 69.9 Å². The quantitative estimate of drug-likeness (QED) is 0.374. The fourth-order valence-electron chi connectivity index (χ4n) is 0.561. The van der Waals surface area contributed by atoms with Crippen molar-refractivity contribution in [2.45, 2.75) is 32.3 Å². The maximum atomic E-state index is 8.21. The predicted molar refractivity (Wildman–Crippen MR) is 34.9 cm³/mol. The van der Waals surface area contributed by atoms with Crippen molar-refractivity contribution in [3.8, 4) is 0 Å². The third-order valence-corrected chi connectivity index (χ3v) is 1.04. The Morgan fingerprint density at radius 2 is 1.80 bits per heavy atom. The Kier molecular flexibility index (Phi) is 4.55. The summed E-state index contributed by atoms with van der Waals surface area (Å²) >= 11 is 0. The first-order valence-corrected chi connectivity index (χ1v) is 3.37. The number of unbranched alkanes of at least 4 members (excludes halogenated alkanes) is 2. The first kappa shape index (κ1) is 9.84. The van der Waals surface area contributed by atoms with E-state index in [2.05, 4.69) is 4.74 Å². The summed E-state index contributed by atoms with van der Waals surface area (Å²) in [5.74, 6) is 0. The van der Waals surface area contributed by atoms with Crippen LogP contribution in [-0.4, -0.2) is 28.1 Å². The normalized spacial score (nSPS) is 12.0. The minimum atomic E-state index is -2.95. The summed E-state index contributed by atoms with van der Waals surface area (Å²) in [4.78, 5) is 0. The minimum Gasteiger partial charge on any atom is -0.319 e. The third kappa shape index (κ3) is 7.84. The van der Waals surface area contributed by atoms with Crippen molar-refractivity contribution in [2.24, 2.45) is 0 Å². The Labute approximate surface area is 60.1 Å². The molecule has 0 aliphatic rings. The van der Waals surface area contributed by atoms with Crippen LogP contribution in [0, 0.1) is 0 Å². The van der Waals surface area contributed by atoms with Gasteiger partial charge in [-0.1, -0.05) is 19.8 Å². The molecule has 4 nitrogen and oxygen atoms in total. The number of hydrogen-bond donors (Lipinski definition) is 3. The van der Waals surface area contributed by atoms with Crippen LogP contribution in [0.5, 0.6) is 0 Å². The van der Waals surface area contributed by atoms with Crippen LogP contribution in [0.4, 0.5) is 0 Å². The number of aliphatic hydroxyl groups is 3. The largest absolute Gasteiger partial charge is 0.404 e. The van der Waals surface area contributed by atoms with Crippen LogP contribution in [0.15, 0.2) is 0 Å². The minimum absolute atomic E-state index is 0.164. The van der Waals surface area contributed by atoms with Crippen molar-refractivity contribution in [3.63, 3.8) is 0 Å². The second-order valence-electron chi connectivity index (χ2n) is 2.13. The first-order chi connectivity index (χ1) is 4.56. The zero-order valence-electron chi connectivity index (χ0n) is 6.08. The van der Waals surface area contributed by atoms with Gasteiger partial charge < -0.3 is 20.1 Å². The molecule has 0 rings (SSSR count). The van der Waals surface area contributed by atoms with Crippen LogP contribution in [0.2, 0.25) is 0 Å². The van der Waals surface area contributed by atoms with Gasteiger partial charge in [-0.3, -0.25) is 0 Å². The van der Waals surface area contributed by atoms with E-state index in [1.807, 2.05) is 6.92 Å². The third-order valence-electron chi connectivity index (χ3n) is 1.04. The fourth-order valence-corrected chi connectivity index (χ4v) is 0.561. The van der Waals surface area contributed by atoms with Gasteiger partial charge in [0.1, 0.15) is 0 Å². The highest BCUT2D eigenvalue weighted by Crippen LogP contribution is 1.99. The van der Waals surface area contributed by atoms with E-state index in [4.69, 9.17) is 15.3 Å². The van der Waals surface area contributed by atoms with Gasteiger partial charge in [0.05, 0.1) is 6.61 Å². The smallest absolute Gasteiger partial charge is 0.319 e. The van der Waals surface area contributed by atoms with Crippen LogP contribution in [0.1, 0.15) is 26.2 Å². The fraction of sp³-hybridized carbons (Fsp3) is 1.00. The van der Waals surface area contributed by atoms with Gasteiger partial charge in [-0.05, 0) is 6.42 Å². The molecule has 0 spiro atoms. The van der Waals surface area contributed by atoms with Gasteiger partial charge in [0.2, 0.25) is 0 Å². The molecule has 10 heavy (non-hydrogen) atoms. The average molecular weight is 150 g/mol. The van der Waals surface area contributed by atoms with Gasteiger partial charge in [-0.2, -0.15) is 0 Å². The molecule has 0 aromatic heterocycles. The molecule has 3 N–H and O–H groups in total. The molecule has 0 aliphatic carbocycles. The van der Waals surface area contributed by atoms with Gasteiger partial charge in [-0.25, -0.2) is 0 Å². The molecule has 0 amide bonds. The average Bonchev–Trinajstić information content (AvgIpc) is 1.78. The lowest BCUT2D eigenvalue weighted by atomic mass is 10.3. The molecule has 0 saturated carbocycles. The highest BCUT2D eigenvalue weighted by Gasteiger charge is 2.17. The monoisotopic (exact) mass is 150 g/mol. The van der Waals surface area contributed by atoms with Gasteiger partial charge in [-0.15, -0.1) is 0 Å². The van der Waals surface area contributed by atoms with Crippen molar-refractivity contribution in [3.05, 3.63) is 0 Å². The first-order valence-electron chi connectivity index (χ1n) is 3.37. The van der Waals surface area contributed by atoms with E-state index in [-0.39, 0.29) is 6.61 Å². The van der Waals surface area contributed by atoms with E-state index in [1.165, 1.54) is 0 Å². The van der Waals surface area contributed by atoms with E-state index in [0.29, 0.717) is 0 Å². The van der Waals surface area contributed by atoms with E-state index in [1.54, 1.807) is 0 Å². The predicted octanol–water partition coefficient (Wildman–Crippen LogP) is -0.219. The number of hydrogen-bond acceptors (Lipinski definition) is 4. The van der Waals surface area contributed by atoms with Crippen molar-refractivity contribution in [2.75, 3.05) is 6.61 Å². The highest BCUT2D eigenvalue weighted by atomic mass is 16.9. The lowest BCUT2D eigenvalue weighted by Gasteiger charge is -2.13. The van der Waals surface area contributed by atoms with Crippen molar-refractivity contribution >= 4 is 0 Å². The second kappa shape index (κ2) is 4.62. The summed E-state index contributed by atoms with van der Waals surface area (Å²) in [5.41, 5.74) is 0. The Hall–Kier alpha value is -0.160. The lowest BCUT2D eigenvalue weighted by molar-refractivity contribution is -0.454. The molecule has 0 unspecified atom stereocenters. The van der Waals surface area contributed by atoms with Gasteiger partial charge in [0, 0.05) is 0 Å². The van der Waals surface area contributed by atoms with E-state index in [0.717, 1.165) is 19.3 Å². The maximum absolute atomic E-state index is 8.21. The molecule has 0 aromatic rings. The highest BCUT2D eigenvalue weighted by molar-refractivity contribution is 4.35. The van der Waals surface area contributed by atoms with Crippen LogP contribution in [0.25, 0.3) is 0 Å². The zero-order valence-corrected chi connectivity index (χ0v) is 6.08. The van der Waals surface area contributed by atoms with Crippen LogP contribution >= 0.6 is 0 Å². The van der Waals surface area contributed by atoms with Crippen molar-refractivity contribution < 1.29 is 20.1 Å². The molecule has 0 heterocycles. The molecule has 62 valence electrons. The summed E-state index contributed by atoms with van der Waals surface area (Å²) < 4.78 is 4.20. The molecule has 0 radical (unpaired) electrons. The SMILES string of the molecule is CCCCCOC(O)(O)O. The maximum Gasteiger partial charge on any atom is 0.404 e. The molecule has 4 heteroatoms. The molecule has 0 bridgehead atoms. The van der Waals surface area contributed by atoms with Gasteiger partial charge >= 0.3 is 6.16 Å². The van der Waals surface area contributed by atoms with Crippen LogP contribution in [0.3, 0.4) is 0 Å². The van der Waals surface area contributed by atoms with E-state index < -0.39 is 6.16 Å². The van der Waals surface area contributed by atoms with Crippen molar-refractivity contribution in [1.29, 1.82) is 0 Å². The Bertz CT molecular complexity index is 76.3. The summed E-state index contributed by atoms with van der Waals surface area (Å²) in [6, 6.07) is 0. The molecular formula is C6H14O4. The van der Waals surface area contributed by atoms with Crippen molar-refractivity contribution in [1.82, 2.24) is 0 Å². The molecule has 0 aromatic carbocycles. The number of rotatable bonds is 5. The second-order valence-corrected chi connectivity index (χ2v) is 2.13. The molecular weight excluding hydrogens is 136 g/mol. The van der Waals surface area contributed by atoms with Gasteiger partial charge in [0.15, 0.2) is 0 Å². The molecule has 0 atom stereocenters. The molecule has 0 saturated heterocycles. The lowest BCUT2D eigenvalue weighted by Crippen LogP contribution is -2.31. The Morgan fingerprint density at radius 3 is 2.20 bits per heavy atom. The van der Waals surface area contributed by atoms with E-state index >= 15 is 0 Å². The van der Waals surface area contributed by atoms with Crippen LogP contribution in [-0.2, 0) is 4.74 Å². The van der Waals surface area contributed by atoms with Gasteiger partial charge in [0.25, 0.3) is 0 Å². The Morgan fingerprint density at radius 1 is 1.20 bits per heavy atom. The summed E-state index contributed by atoms with van der Waals surface area (Å²) in [6.45, 7) is 2.18. The standard InChI is InChI=1S/C6H14O4/c1-2-3-4-5-10-6(7,8)9/h7-9H,2-5H2,1H3. The summed E-state index contributed by atoms with van der Waals surface area (Å²) in [6.07, 6.45) is -0.248. The Balaban J connectivity index is 3.04. The van der Waals surface area contributed by atoms with E-state index in [9.17, 15) is 0 Å².